The van der Waals surface area contributed by atoms with E-state index in [1.807, 2.05) is 46.2 Å². The van der Waals surface area contributed by atoms with Gasteiger partial charge in [0.15, 0.2) is 0 Å². The average Bonchev–Trinajstić information content (AvgIpc) is 2.80. The lowest BCUT2D eigenvalue weighted by Crippen LogP contribution is -2.51. The summed E-state index contributed by atoms with van der Waals surface area (Å²) in [5, 5.41) is 0. The first-order chi connectivity index (χ1) is 15.2. The number of pyridine rings is 2. The molecule has 6 nitrogen and oxygen atoms in total. The first kappa shape index (κ1) is 20.9. The van der Waals surface area contributed by atoms with Crippen LogP contribution >= 0.6 is 0 Å². The number of rotatable bonds is 7. The van der Waals surface area contributed by atoms with Crippen LogP contribution < -0.4 is 4.90 Å². The van der Waals surface area contributed by atoms with Crippen molar-refractivity contribution in [1.82, 2.24) is 19.8 Å². The van der Waals surface area contributed by atoms with E-state index in [4.69, 9.17) is 0 Å². The van der Waals surface area contributed by atoms with Crippen molar-refractivity contribution in [3.63, 3.8) is 0 Å². The summed E-state index contributed by atoms with van der Waals surface area (Å²) in [6.07, 6.45) is 5.32. The van der Waals surface area contributed by atoms with Crippen LogP contribution in [0.1, 0.15) is 11.1 Å². The van der Waals surface area contributed by atoms with E-state index in [-0.39, 0.29) is 18.3 Å². The van der Waals surface area contributed by atoms with E-state index in [1.165, 1.54) is 12.1 Å². The second kappa shape index (κ2) is 10.1. The van der Waals surface area contributed by atoms with Crippen LogP contribution in [0.4, 0.5) is 10.2 Å². The molecule has 0 saturated carbocycles. The molecule has 0 spiro atoms. The van der Waals surface area contributed by atoms with Crippen LogP contribution in [-0.2, 0) is 17.9 Å². The number of nitrogens with zero attached hydrogens (tertiary/aromatic N) is 5. The number of piperazine rings is 1. The van der Waals surface area contributed by atoms with Crippen molar-refractivity contribution in [2.24, 2.45) is 0 Å². The lowest BCUT2D eigenvalue weighted by atomic mass is 10.2. The first-order valence-electron chi connectivity index (χ1n) is 10.5. The number of amides is 1. The average molecular weight is 420 g/mol. The summed E-state index contributed by atoms with van der Waals surface area (Å²) in [6, 6.07) is 16.3. The Morgan fingerprint density at radius 1 is 0.935 bits per heavy atom. The Hall–Kier alpha value is -3.32. The molecule has 0 aliphatic carbocycles. The van der Waals surface area contributed by atoms with Crippen molar-refractivity contribution in [1.29, 1.82) is 0 Å². The fraction of sp³-hybridized carbons (Fsp3) is 0.292. The van der Waals surface area contributed by atoms with E-state index in [1.54, 1.807) is 24.7 Å². The van der Waals surface area contributed by atoms with E-state index in [9.17, 15) is 9.18 Å². The molecule has 0 atom stereocenters. The summed E-state index contributed by atoms with van der Waals surface area (Å²) in [7, 11) is 0. The molecule has 1 amide bonds. The molecule has 0 radical (unpaired) electrons. The van der Waals surface area contributed by atoms with Gasteiger partial charge in [-0.25, -0.2) is 9.37 Å². The number of halogens is 1. The number of benzene rings is 1. The van der Waals surface area contributed by atoms with Gasteiger partial charge in [0.1, 0.15) is 11.6 Å². The van der Waals surface area contributed by atoms with Crippen molar-refractivity contribution in [2.75, 3.05) is 37.6 Å². The summed E-state index contributed by atoms with van der Waals surface area (Å²) >= 11 is 0. The molecule has 1 fully saturated rings. The highest BCUT2D eigenvalue weighted by Gasteiger charge is 2.23. The predicted molar refractivity (Wildman–Crippen MR) is 118 cm³/mol. The van der Waals surface area contributed by atoms with Gasteiger partial charge < -0.3 is 9.80 Å². The molecule has 31 heavy (non-hydrogen) atoms. The fourth-order valence-corrected chi connectivity index (χ4v) is 3.83. The Bertz CT molecular complexity index is 978. The Kier molecular flexibility index (Phi) is 6.84. The smallest absolute Gasteiger partial charge is 0.236 e. The van der Waals surface area contributed by atoms with Gasteiger partial charge in [0.05, 0.1) is 6.54 Å². The first-order valence-corrected chi connectivity index (χ1v) is 10.5. The largest absolute Gasteiger partial charge is 0.353 e. The van der Waals surface area contributed by atoms with Gasteiger partial charge in [-0.3, -0.25) is 14.7 Å². The number of carbonyl (C=O) groups excluding carboxylic acids is 1. The maximum atomic E-state index is 13.7. The quantitative estimate of drug-likeness (QED) is 0.589. The Balaban J connectivity index is 1.39. The van der Waals surface area contributed by atoms with Crippen LogP contribution in [0.2, 0.25) is 0 Å². The van der Waals surface area contributed by atoms with E-state index >= 15 is 0 Å². The van der Waals surface area contributed by atoms with E-state index in [0.717, 1.165) is 30.0 Å². The van der Waals surface area contributed by atoms with Crippen LogP contribution in [0.25, 0.3) is 0 Å². The SMILES string of the molecule is O=C(CN(Cc1cccnc1)Cc1cccc(F)c1)N1CCN(c2ccccn2)CC1. The van der Waals surface area contributed by atoms with Gasteiger partial charge in [-0.2, -0.15) is 0 Å². The van der Waals surface area contributed by atoms with Crippen LogP contribution in [0, 0.1) is 5.82 Å². The molecule has 0 N–H and O–H groups in total. The second-order valence-corrected chi connectivity index (χ2v) is 7.69. The van der Waals surface area contributed by atoms with Crippen molar-refractivity contribution < 1.29 is 9.18 Å². The molecular formula is C24H26FN5O. The predicted octanol–water partition coefficient (Wildman–Crippen LogP) is 2.97. The number of carbonyl (C=O) groups is 1. The summed E-state index contributed by atoms with van der Waals surface area (Å²) < 4.78 is 13.7. The molecule has 1 saturated heterocycles. The van der Waals surface area contributed by atoms with E-state index in [2.05, 4.69) is 14.9 Å². The van der Waals surface area contributed by atoms with Crippen LogP contribution in [0.5, 0.6) is 0 Å². The van der Waals surface area contributed by atoms with Gasteiger partial charge in [-0.15, -0.1) is 0 Å². The third-order valence-electron chi connectivity index (χ3n) is 5.39. The topological polar surface area (TPSA) is 52.6 Å². The molecule has 2 aromatic heterocycles. The molecule has 160 valence electrons. The van der Waals surface area contributed by atoms with Crippen molar-refractivity contribution >= 4 is 11.7 Å². The van der Waals surface area contributed by atoms with Gasteiger partial charge in [0.2, 0.25) is 5.91 Å². The summed E-state index contributed by atoms with van der Waals surface area (Å²) in [5.41, 5.74) is 1.86. The van der Waals surface area contributed by atoms with Gasteiger partial charge in [0.25, 0.3) is 0 Å². The highest BCUT2D eigenvalue weighted by molar-refractivity contribution is 5.78. The van der Waals surface area contributed by atoms with Crippen LogP contribution in [0.3, 0.4) is 0 Å². The monoisotopic (exact) mass is 419 g/mol. The normalized spacial score (nSPS) is 14.1. The highest BCUT2D eigenvalue weighted by atomic mass is 19.1. The van der Waals surface area contributed by atoms with Crippen LogP contribution in [0.15, 0.2) is 73.2 Å². The molecule has 3 aromatic rings. The van der Waals surface area contributed by atoms with Crippen molar-refractivity contribution in [3.05, 3.63) is 90.1 Å². The number of hydrogen-bond donors (Lipinski definition) is 0. The molecule has 3 heterocycles. The highest BCUT2D eigenvalue weighted by Crippen LogP contribution is 2.15. The van der Waals surface area contributed by atoms with Gasteiger partial charge in [0, 0.05) is 57.9 Å². The maximum Gasteiger partial charge on any atom is 0.236 e. The zero-order valence-corrected chi connectivity index (χ0v) is 17.4. The summed E-state index contributed by atoms with van der Waals surface area (Å²) in [6.45, 7) is 4.18. The Morgan fingerprint density at radius 3 is 2.45 bits per heavy atom. The molecule has 1 aliphatic heterocycles. The summed E-state index contributed by atoms with van der Waals surface area (Å²) in [5.74, 6) is 0.760. The Morgan fingerprint density at radius 2 is 1.74 bits per heavy atom. The van der Waals surface area contributed by atoms with Crippen molar-refractivity contribution in [3.8, 4) is 0 Å². The zero-order valence-electron chi connectivity index (χ0n) is 17.4. The number of aromatic nitrogens is 2. The zero-order chi connectivity index (χ0) is 21.5. The molecule has 1 aromatic carbocycles. The van der Waals surface area contributed by atoms with E-state index in [0.29, 0.717) is 26.2 Å². The molecule has 0 unspecified atom stereocenters. The minimum atomic E-state index is -0.268. The molecule has 7 heteroatoms. The molecule has 1 aliphatic rings. The molecule has 4 rings (SSSR count). The minimum Gasteiger partial charge on any atom is -0.353 e. The minimum absolute atomic E-state index is 0.0842. The number of anilines is 1. The third-order valence-corrected chi connectivity index (χ3v) is 5.39. The summed E-state index contributed by atoms with van der Waals surface area (Å²) in [4.78, 5) is 27.8. The number of hydrogen-bond acceptors (Lipinski definition) is 5. The van der Waals surface area contributed by atoms with E-state index < -0.39 is 0 Å². The lowest BCUT2D eigenvalue weighted by Gasteiger charge is -2.36. The third kappa shape index (κ3) is 5.86. The maximum absolute atomic E-state index is 13.7. The van der Waals surface area contributed by atoms with Crippen molar-refractivity contribution in [2.45, 2.75) is 13.1 Å². The van der Waals surface area contributed by atoms with Gasteiger partial charge in [-0.05, 0) is 41.5 Å². The van der Waals surface area contributed by atoms with Gasteiger partial charge >= 0.3 is 0 Å². The van der Waals surface area contributed by atoms with Gasteiger partial charge in [-0.1, -0.05) is 24.3 Å². The van der Waals surface area contributed by atoms with Crippen LogP contribution in [-0.4, -0.2) is 58.4 Å². The Labute approximate surface area is 182 Å². The molecular weight excluding hydrogens is 393 g/mol. The fourth-order valence-electron chi connectivity index (χ4n) is 3.83. The standard InChI is InChI=1S/C24H26FN5O/c25-22-7-3-5-20(15-22)17-28(18-21-6-4-9-26-16-21)19-24(31)30-13-11-29(12-14-30)23-8-1-2-10-27-23/h1-10,15-16H,11-14,17-19H2. The molecule has 0 bridgehead atoms. The lowest BCUT2D eigenvalue weighted by molar-refractivity contribution is -0.133. The second-order valence-electron chi connectivity index (χ2n) is 7.69.